The van der Waals surface area contributed by atoms with Crippen molar-refractivity contribution in [3.63, 3.8) is 0 Å². The standard InChI is InChI=1S/C14H14ClN/c1-10-7-12(8-15)3-4-13(10)14-5-6-16-9-11(14)2/h3-7,9H,8H2,1-2H3. The van der Waals surface area contributed by atoms with E-state index in [1.807, 2.05) is 12.4 Å². The van der Waals surface area contributed by atoms with E-state index in [4.69, 9.17) is 11.6 Å². The maximum atomic E-state index is 5.82. The molecule has 0 unspecified atom stereocenters. The van der Waals surface area contributed by atoms with Crippen LogP contribution in [-0.2, 0) is 5.88 Å². The molecule has 0 saturated heterocycles. The molecule has 0 saturated carbocycles. The van der Waals surface area contributed by atoms with Crippen LogP contribution in [0.15, 0.2) is 36.7 Å². The quantitative estimate of drug-likeness (QED) is 0.709. The summed E-state index contributed by atoms with van der Waals surface area (Å²) in [6.45, 7) is 4.20. The summed E-state index contributed by atoms with van der Waals surface area (Å²) in [6, 6.07) is 8.41. The predicted molar refractivity (Wildman–Crippen MR) is 68.7 cm³/mol. The zero-order valence-corrected chi connectivity index (χ0v) is 10.3. The van der Waals surface area contributed by atoms with Gasteiger partial charge in [-0.25, -0.2) is 0 Å². The second-order valence-corrected chi connectivity index (χ2v) is 4.24. The number of rotatable bonds is 2. The van der Waals surface area contributed by atoms with Crippen molar-refractivity contribution in [2.24, 2.45) is 0 Å². The molecule has 1 aromatic carbocycles. The fourth-order valence-corrected chi connectivity index (χ4v) is 2.05. The molecule has 0 aliphatic carbocycles. The first-order chi connectivity index (χ1) is 7.72. The zero-order chi connectivity index (χ0) is 11.5. The highest BCUT2D eigenvalue weighted by atomic mass is 35.5. The Balaban J connectivity index is 2.53. The van der Waals surface area contributed by atoms with Crippen molar-refractivity contribution in [1.29, 1.82) is 0 Å². The van der Waals surface area contributed by atoms with Crippen LogP contribution >= 0.6 is 11.6 Å². The number of hydrogen-bond acceptors (Lipinski definition) is 1. The van der Waals surface area contributed by atoms with E-state index in [0.717, 1.165) is 5.56 Å². The molecule has 0 amide bonds. The van der Waals surface area contributed by atoms with E-state index < -0.39 is 0 Å². The van der Waals surface area contributed by atoms with Gasteiger partial charge in [-0.2, -0.15) is 0 Å². The zero-order valence-electron chi connectivity index (χ0n) is 9.50. The van der Waals surface area contributed by atoms with Crippen molar-refractivity contribution in [2.45, 2.75) is 19.7 Å². The summed E-state index contributed by atoms with van der Waals surface area (Å²) in [5.74, 6) is 0.566. The van der Waals surface area contributed by atoms with Crippen molar-refractivity contribution < 1.29 is 0 Å². The van der Waals surface area contributed by atoms with Gasteiger partial charge in [0, 0.05) is 18.3 Å². The van der Waals surface area contributed by atoms with Gasteiger partial charge in [0.25, 0.3) is 0 Å². The monoisotopic (exact) mass is 231 g/mol. The van der Waals surface area contributed by atoms with Crippen LogP contribution in [0.3, 0.4) is 0 Å². The van der Waals surface area contributed by atoms with Gasteiger partial charge >= 0.3 is 0 Å². The van der Waals surface area contributed by atoms with Crippen LogP contribution in [0.2, 0.25) is 0 Å². The number of nitrogens with zero attached hydrogens (tertiary/aromatic N) is 1. The molecule has 1 nitrogen and oxygen atoms in total. The van der Waals surface area contributed by atoms with Crippen molar-refractivity contribution in [2.75, 3.05) is 0 Å². The Morgan fingerprint density at radius 2 is 1.81 bits per heavy atom. The van der Waals surface area contributed by atoms with E-state index in [0.29, 0.717) is 5.88 Å². The molecule has 82 valence electrons. The van der Waals surface area contributed by atoms with E-state index in [1.54, 1.807) is 0 Å². The van der Waals surface area contributed by atoms with Crippen molar-refractivity contribution in [1.82, 2.24) is 4.98 Å². The fraction of sp³-hybridized carbons (Fsp3) is 0.214. The van der Waals surface area contributed by atoms with Gasteiger partial charge in [0.1, 0.15) is 0 Å². The van der Waals surface area contributed by atoms with Gasteiger partial charge in [-0.05, 0) is 47.7 Å². The van der Waals surface area contributed by atoms with Gasteiger partial charge in [-0.1, -0.05) is 18.2 Å². The van der Waals surface area contributed by atoms with E-state index >= 15 is 0 Å². The first-order valence-corrected chi connectivity index (χ1v) is 5.82. The Kier molecular flexibility index (Phi) is 3.25. The van der Waals surface area contributed by atoms with Crippen molar-refractivity contribution in [3.8, 4) is 11.1 Å². The maximum absolute atomic E-state index is 5.82. The minimum atomic E-state index is 0.566. The molecule has 0 N–H and O–H groups in total. The molecule has 0 fully saturated rings. The summed E-state index contributed by atoms with van der Waals surface area (Å²) in [5, 5.41) is 0. The average Bonchev–Trinajstić information content (AvgIpc) is 2.30. The smallest absolute Gasteiger partial charge is 0.0474 e. The highest BCUT2D eigenvalue weighted by Crippen LogP contribution is 2.26. The number of hydrogen-bond donors (Lipinski definition) is 0. The summed E-state index contributed by atoms with van der Waals surface area (Å²) < 4.78 is 0. The lowest BCUT2D eigenvalue weighted by molar-refractivity contribution is 1.26. The molecule has 1 aromatic heterocycles. The molecule has 2 rings (SSSR count). The van der Waals surface area contributed by atoms with Crippen LogP contribution < -0.4 is 0 Å². The molecule has 2 heteroatoms. The molecular formula is C14H14ClN. The summed E-state index contributed by atoms with van der Waals surface area (Å²) in [5.41, 5.74) is 6.12. The Labute approximate surface area is 101 Å². The van der Waals surface area contributed by atoms with E-state index in [-0.39, 0.29) is 0 Å². The molecule has 1 heterocycles. The largest absolute Gasteiger partial charge is 0.264 e. The number of aromatic nitrogens is 1. The molecule has 16 heavy (non-hydrogen) atoms. The second-order valence-electron chi connectivity index (χ2n) is 3.97. The van der Waals surface area contributed by atoms with Gasteiger partial charge in [0.15, 0.2) is 0 Å². The minimum absolute atomic E-state index is 0.566. The topological polar surface area (TPSA) is 12.9 Å². The summed E-state index contributed by atoms with van der Waals surface area (Å²) in [7, 11) is 0. The number of alkyl halides is 1. The first kappa shape index (κ1) is 11.2. The number of pyridine rings is 1. The van der Waals surface area contributed by atoms with Crippen LogP contribution in [0.5, 0.6) is 0 Å². The maximum Gasteiger partial charge on any atom is 0.0474 e. The average molecular weight is 232 g/mol. The Morgan fingerprint density at radius 1 is 1.06 bits per heavy atom. The van der Waals surface area contributed by atoms with E-state index in [1.165, 1.54) is 22.3 Å². The Morgan fingerprint density at radius 3 is 2.44 bits per heavy atom. The fourth-order valence-electron chi connectivity index (χ4n) is 1.89. The van der Waals surface area contributed by atoms with Crippen molar-refractivity contribution in [3.05, 3.63) is 53.3 Å². The van der Waals surface area contributed by atoms with Gasteiger partial charge in [-0.15, -0.1) is 11.6 Å². The van der Waals surface area contributed by atoms with E-state index in [9.17, 15) is 0 Å². The van der Waals surface area contributed by atoms with Crippen molar-refractivity contribution >= 4 is 11.6 Å². The van der Waals surface area contributed by atoms with Crippen LogP contribution in [0.25, 0.3) is 11.1 Å². The summed E-state index contributed by atoms with van der Waals surface area (Å²) in [4.78, 5) is 4.11. The molecular weight excluding hydrogens is 218 g/mol. The predicted octanol–water partition coefficient (Wildman–Crippen LogP) is 4.10. The van der Waals surface area contributed by atoms with Crippen LogP contribution in [0.1, 0.15) is 16.7 Å². The molecule has 0 aliphatic heterocycles. The van der Waals surface area contributed by atoms with E-state index in [2.05, 4.69) is 43.1 Å². The van der Waals surface area contributed by atoms with Crippen LogP contribution in [0, 0.1) is 13.8 Å². The molecule has 2 aromatic rings. The molecule has 0 bridgehead atoms. The first-order valence-electron chi connectivity index (χ1n) is 5.29. The Bertz CT molecular complexity index is 506. The second kappa shape index (κ2) is 4.67. The third-order valence-corrected chi connectivity index (χ3v) is 3.06. The molecule has 0 radical (unpaired) electrons. The molecule has 0 aliphatic rings. The number of benzene rings is 1. The lowest BCUT2D eigenvalue weighted by Gasteiger charge is -2.09. The van der Waals surface area contributed by atoms with Gasteiger partial charge in [0.05, 0.1) is 0 Å². The van der Waals surface area contributed by atoms with Gasteiger partial charge < -0.3 is 0 Å². The third-order valence-electron chi connectivity index (χ3n) is 2.76. The van der Waals surface area contributed by atoms with Crippen LogP contribution in [-0.4, -0.2) is 4.98 Å². The minimum Gasteiger partial charge on any atom is -0.264 e. The third kappa shape index (κ3) is 2.10. The van der Waals surface area contributed by atoms with Gasteiger partial charge in [-0.3, -0.25) is 4.98 Å². The lowest BCUT2D eigenvalue weighted by Crippen LogP contribution is -1.89. The SMILES string of the molecule is Cc1cnccc1-c1ccc(CCl)cc1C. The lowest BCUT2D eigenvalue weighted by atomic mass is 9.97. The highest BCUT2D eigenvalue weighted by Gasteiger charge is 2.05. The summed E-state index contributed by atoms with van der Waals surface area (Å²) in [6.07, 6.45) is 3.72. The number of aryl methyl sites for hydroxylation is 2. The Hall–Kier alpha value is -1.34. The number of halogens is 1. The van der Waals surface area contributed by atoms with Gasteiger partial charge in [0.2, 0.25) is 0 Å². The summed E-state index contributed by atoms with van der Waals surface area (Å²) >= 11 is 5.82. The van der Waals surface area contributed by atoms with Crippen LogP contribution in [0.4, 0.5) is 0 Å². The molecule has 0 spiro atoms. The molecule has 0 atom stereocenters. The normalized spacial score (nSPS) is 10.4. The highest BCUT2D eigenvalue weighted by molar-refractivity contribution is 6.17.